The quantitative estimate of drug-likeness (QED) is 0.483. The van der Waals surface area contributed by atoms with Crippen LogP contribution in [0.2, 0.25) is 0 Å². The number of rotatable bonds is 6. The van der Waals surface area contributed by atoms with E-state index in [1.165, 1.54) is 10.6 Å². The van der Waals surface area contributed by atoms with E-state index in [-0.39, 0.29) is 11.9 Å². The molecule has 1 atom stereocenters. The second-order valence-corrected chi connectivity index (χ2v) is 7.32. The zero-order valence-electron chi connectivity index (χ0n) is 16.6. The Hall–Kier alpha value is -3.53. The van der Waals surface area contributed by atoms with E-state index >= 15 is 0 Å². The van der Waals surface area contributed by atoms with E-state index in [1.807, 2.05) is 25.1 Å². The van der Waals surface area contributed by atoms with E-state index < -0.39 is 16.2 Å². The maximum Gasteiger partial charge on any atom is 0.376 e. The summed E-state index contributed by atoms with van der Waals surface area (Å²) in [5.41, 5.74) is -0.860. The number of anilines is 2. The highest BCUT2D eigenvalue weighted by atomic mass is 16.6. The number of nitro groups is 1. The van der Waals surface area contributed by atoms with Gasteiger partial charge < -0.3 is 10.2 Å². The molecule has 4 rings (SSSR count). The Morgan fingerprint density at radius 2 is 1.93 bits per heavy atom. The van der Waals surface area contributed by atoms with Crippen molar-refractivity contribution in [2.24, 2.45) is 0 Å². The van der Waals surface area contributed by atoms with Crippen LogP contribution in [0.25, 0.3) is 5.65 Å². The van der Waals surface area contributed by atoms with Gasteiger partial charge in [0.25, 0.3) is 0 Å². The van der Waals surface area contributed by atoms with Gasteiger partial charge in [-0.2, -0.15) is 0 Å². The standard InChI is InChI=1S/C20H23N7O3/c1-15(14-24-10-12-25(13-11-24)16-6-2-4-8-21-16)22-19-18(27(29)30)20(28)26-9-5-3-7-17(26)23-19/h2-9,15,22H,10-14H2,1H3. The zero-order valence-corrected chi connectivity index (χ0v) is 16.6. The molecule has 4 heterocycles. The molecule has 0 saturated carbocycles. The third kappa shape index (κ3) is 4.08. The normalized spacial score (nSPS) is 15.8. The van der Waals surface area contributed by atoms with Crippen LogP contribution in [0.4, 0.5) is 17.3 Å². The summed E-state index contributed by atoms with van der Waals surface area (Å²) in [6.07, 6.45) is 3.27. The highest BCUT2D eigenvalue weighted by Crippen LogP contribution is 2.19. The minimum absolute atomic E-state index is 0.0100. The lowest BCUT2D eigenvalue weighted by Gasteiger charge is -2.36. The molecule has 3 aromatic rings. The molecule has 1 fully saturated rings. The number of fused-ring (bicyclic) bond motifs is 1. The van der Waals surface area contributed by atoms with Gasteiger partial charge >= 0.3 is 11.2 Å². The molecule has 0 aliphatic carbocycles. The average molecular weight is 409 g/mol. The number of piperazine rings is 1. The fourth-order valence-corrected chi connectivity index (χ4v) is 3.71. The predicted octanol–water partition coefficient (Wildman–Crippen LogP) is 1.62. The molecule has 1 aliphatic heterocycles. The zero-order chi connectivity index (χ0) is 21.1. The fraction of sp³-hybridized carbons (Fsp3) is 0.350. The first-order chi connectivity index (χ1) is 14.5. The van der Waals surface area contributed by atoms with Gasteiger partial charge in [-0.1, -0.05) is 12.1 Å². The minimum Gasteiger partial charge on any atom is -0.360 e. The fourth-order valence-electron chi connectivity index (χ4n) is 3.71. The van der Waals surface area contributed by atoms with E-state index in [1.54, 1.807) is 24.4 Å². The van der Waals surface area contributed by atoms with Gasteiger partial charge in [-0.25, -0.2) is 9.97 Å². The molecule has 3 aromatic heterocycles. The Labute approximate surface area is 172 Å². The molecule has 1 aliphatic rings. The van der Waals surface area contributed by atoms with Gasteiger partial charge in [-0.05, 0) is 31.2 Å². The summed E-state index contributed by atoms with van der Waals surface area (Å²) in [6, 6.07) is 10.8. The van der Waals surface area contributed by atoms with Crippen LogP contribution in [0.1, 0.15) is 6.92 Å². The van der Waals surface area contributed by atoms with E-state index in [4.69, 9.17) is 0 Å². The topological polar surface area (TPSA) is 109 Å². The molecule has 10 heteroatoms. The molecule has 0 spiro atoms. The molecule has 0 aromatic carbocycles. The summed E-state index contributed by atoms with van der Waals surface area (Å²) in [4.78, 5) is 36.6. The van der Waals surface area contributed by atoms with Gasteiger partial charge in [0.2, 0.25) is 5.82 Å². The van der Waals surface area contributed by atoms with Crippen LogP contribution in [0.5, 0.6) is 0 Å². The van der Waals surface area contributed by atoms with Gasteiger partial charge in [0.05, 0.1) is 4.92 Å². The summed E-state index contributed by atoms with van der Waals surface area (Å²) >= 11 is 0. The van der Waals surface area contributed by atoms with Crippen LogP contribution in [0.15, 0.2) is 53.6 Å². The Balaban J connectivity index is 1.44. The van der Waals surface area contributed by atoms with Crippen molar-refractivity contribution in [3.05, 3.63) is 69.3 Å². The van der Waals surface area contributed by atoms with Crippen LogP contribution >= 0.6 is 0 Å². The van der Waals surface area contributed by atoms with Crippen molar-refractivity contribution < 1.29 is 4.92 Å². The van der Waals surface area contributed by atoms with Crippen molar-refractivity contribution in [3.63, 3.8) is 0 Å². The summed E-state index contributed by atoms with van der Waals surface area (Å²) in [5, 5.41) is 14.6. The van der Waals surface area contributed by atoms with E-state index in [2.05, 4.69) is 25.1 Å². The molecule has 1 N–H and O–H groups in total. The number of pyridine rings is 2. The van der Waals surface area contributed by atoms with Crippen molar-refractivity contribution in [1.82, 2.24) is 19.3 Å². The summed E-state index contributed by atoms with van der Waals surface area (Å²) in [7, 11) is 0. The molecule has 1 unspecified atom stereocenters. The van der Waals surface area contributed by atoms with Gasteiger partial charge in [0.15, 0.2) is 0 Å². The molecular formula is C20H23N7O3. The number of nitrogens with one attached hydrogen (secondary N) is 1. The monoisotopic (exact) mass is 409 g/mol. The molecule has 30 heavy (non-hydrogen) atoms. The van der Waals surface area contributed by atoms with Crippen molar-refractivity contribution in [2.75, 3.05) is 42.9 Å². The van der Waals surface area contributed by atoms with Gasteiger partial charge in [0.1, 0.15) is 11.5 Å². The highest BCUT2D eigenvalue weighted by Gasteiger charge is 2.26. The Morgan fingerprint density at radius 3 is 2.63 bits per heavy atom. The Kier molecular flexibility index (Phi) is 5.57. The van der Waals surface area contributed by atoms with Crippen molar-refractivity contribution in [2.45, 2.75) is 13.0 Å². The first-order valence-electron chi connectivity index (χ1n) is 9.83. The molecule has 10 nitrogen and oxygen atoms in total. The second-order valence-electron chi connectivity index (χ2n) is 7.32. The first-order valence-corrected chi connectivity index (χ1v) is 9.83. The SMILES string of the molecule is CC(CN1CCN(c2ccccn2)CC1)Nc1nc2ccccn2c(=O)c1[N+](=O)[O-]. The first kappa shape index (κ1) is 19.8. The lowest BCUT2D eigenvalue weighted by Crippen LogP contribution is -2.49. The largest absolute Gasteiger partial charge is 0.376 e. The maximum absolute atomic E-state index is 12.6. The number of hydrogen-bond acceptors (Lipinski definition) is 8. The predicted molar refractivity (Wildman–Crippen MR) is 114 cm³/mol. The third-order valence-electron chi connectivity index (χ3n) is 5.15. The Bertz CT molecular complexity index is 1090. The summed E-state index contributed by atoms with van der Waals surface area (Å²) < 4.78 is 1.19. The van der Waals surface area contributed by atoms with E-state index in [0.717, 1.165) is 32.0 Å². The van der Waals surface area contributed by atoms with Crippen LogP contribution in [0.3, 0.4) is 0 Å². The molecule has 1 saturated heterocycles. The third-order valence-corrected chi connectivity index (χ3v) is 5.15. The van der Waals surface area contributed by atoms with Crippen LogP contribution in [-0.4, -0.2) is 63.0 Å². The maximum atomic E-state index is 12.6. The number of nitrogens with zero attached hydrogens (tertiary/aromatic N) is 6. The highest BCUT2D eigenvalue weighted by molar-refractivity contribution is 5.60. The van der Waals surface area contributed by atoms with Crippen molar-refractivity contribution in [3.8, 4) is 0 Å². The minimum atomic E-state index is -0.690. The average Bonchev–Trinajstić information content (AvgIpc) is 2.75. The van der Waals surface area contributed by atoms with E-state index in [9.17, 15) is 14.9 Å². The lowest BCUT2D eigenvalue weighted by molar-refractivity contribution is -0.385. The molecule has 156 valence electrons. The van der Waals surface area contributed by atoms with Crippen LogP contribution in [0, 0.1) is 10.1 Å². The molecule has 0 radical (unpaired) electrons. The summed E-state index contributed by atoms with van der Waals surface area (Å²) in [6.45, 7) is 6.06. The summed E-state index contributed by atoms with van der Waals surface area (Å²) in [5.74, 6) is 0.982. The molecule has 0 amide bonds. The smallest absolute Gasteiger partial charge is 0.360 e. The van der Waals surface area contributed by atoms with Gasteiger partial charge in [0, 0.05) is 51.2 Å². The Morgan fingerprint density at radius 1 is 1.17 bits per heavy atom. The number of aromatic nitrogens is 3. The van der Waals surface area contributed by atoms with Crippen molar-refractivity contribution in [1.29, 1.82) is 0 Å². The lowest BCUT2D eigenvalue weighted by atomic mass is 10.2. The van der Waals surface area contributed by atoms with Crippen LogP contribution < -0.4 is 15.8 Å². The van der Waals surface area contributed by atoms with Crippen molar-refractivity contribution >= 4 is 23.0 Å². The van der Waals surface area contributed by atoms with Gasteiger partial charge in [-0.3, -0.25) is 24.2 Å². The van der Waals surface area contributed by atoms with Crippen LogP contribution in [-0.2, 0) is 0 Å². The van der Waals surface area contributed by atoms with E-state index in [0.29, 0.717) is 12.2 Å². The second kappa shape index (κ2) is 8.46. The number of hydrogen-bond donors (Lipinski definition) is 1. The molecule has 0 bridgehead atoms. The molecular weight excluding hydrogens is 386 g/mol. The van der Waals surface area contributed by atoms with Gasteiger partial charge in [-0.15, -0.1) is 0 Å².